The SMILES string of the molecule is COCc1nc(C2CCOCC2)sc1CNC(C)C. The first-order valence-corrected chi connectivity index (χ1v) is 7.81. The lowest BCUT2D eigenvalue weighted by molar-refractivity contribution is 0.0851. The molecule has 2 heterocycles. The smallest absolute Gasteiger partial charge is 0.0965 e. The molecule has 0 aliphatic carbocycles. The molecule has 1 N–H and O–H groups in total. The molecule has 1 aromatic heterocycles. The molecule has 1 aliphatic rings. The van der Waals surface area contributed by atoms with Gasteiger partial charge in [0.2, 0.25) is 0 Å². The second-order valence-electron chi connectivity index (χ2n) is 5.28. The first-order valence-electron chi connectivity index (χ1n) is 6.99. The van der Waals surface area contributed by atoms with Crippen molar-refractivity contribution in [2.75, 3.05) is 20.3 Å². The van der Waals surface area contributed by atoms with Crippen molar-refractivity contribution in [3.05, 3.63) is 15.6 Å². The van der Waals surface area contributed by atoms with E-state index in [0.29, 0.717) is 18.6 Å². The molecule has 0 radical (unpaired) electrons. The Morgan fingerprint density at radius 2 is 2.16 bits per heavy atom. The highest BCUT2D eigenvalue weighted by molar-refractivity contribution is 7.11. The van der Waals surface area contributed by atoms with E-state index in [2.05, 4.69) is 19.2 Å². The minimum Gasteiger partial charge on any atom is -0.381 e. The first-order chi connectivity index (χ1) is 9.20. The molecule has 1 fully saturated rings. The van der Waals surface area contributed by atoms with Crippen LogP contribution in [0, 0.1) is 0 Å². The number of nitrogens with one attached hydrogen (secondary N) is 1. The molecular formula is C14H24N2O2S. The van der Waals surface area contributed by atoms with E-state index in [4.69, 9.17) is 14.5 Å². The lowest BCUT2D eigenvalue weighted by Crippen LogP contribution is -2.21. The number of aromatic nitrogens is 1. The van der Waals surface area contributed by atoms with Crippen molar-refractivity contribution >= 4 is 11.3 Å². The van der Waals surface area contributed by atoms with Crippen molar-refractivity contribution in [3.8, 4) is 0 Å². The average molecular weight is 284 g/mol. The number of rotatable bonds is 6. The predicted molar refractivity (Wildman–Crippen MR) is 77.6 cm³/mol. The summed E-state index contributed by atoms with van der Waals surface area (Å²) in [7, 11) is 1.73. The van der Waals surface area contributed by atoms with Gasteiger partial charge in [0.05, 0.1) is 17.3 Å². The van der Waals surface area contributed by atoms with Crippen LogP contribution in [0.15, 0.2) is 0 Å². The van der Waals surface area contributed by atoms with E-state index in [1.807, 2.05) is 11.3 Å². The van der Waals surface area contributed by atoms with Gasteiger partial charge in [-0.3, -0.25) is 0 Å². The number of thiazole rings is 1. The van der Waals surface area contributed by atoms with Crippen LogP contribution < -0.4 is 5.32 Å². The van der Waals surface area contributed by atoms with Crippen LogP contribution in [0.5, 0.6) is 0 Å². The summed E-state index contributed by atoms with van der Waals surface area (Å²) < 4.78 is 10.7. The van der Waals surface area contributed by atoms with Crippen molar-refractivity contribution < 1.29 is 9.47 Å². The molecular weight excluding hydrogens is 260 g/mol. The monoisotopic (exact) mass is 284 g/mol. The van der Waals surface area contributed by atoms with Crippen molar-refractivity contribution in [2.45, 2.75) is 51.8 Å². The fraction of sp³-hybridized carbons (Fsp3) is 0.786. The Labute approximate surface area is 119 Å². The molecule has 0 amide bonds. The Hall–Kier alpha value is -0.490. The van der Waals surface area contributed by atoms with Gasteiger partial charge in [-0.2, -0.15) is 0 Å². The number of nitrogens with zero attached hydrogens (tertiary/aromatic N) is 1. The van der Waals surface area contributed by atoms with Crippen LogP contribution >= 0.6 is 11.3 Å². The Bertz CT molecular complexity index is 387. The van der Waals surface area contributed by atoms with E-state index in [9.17, 15) is 0 Å². The summed E-state index contributed by atoms with van der Waals surface area (Å²) in [5.41, 5.74) is 1.10. The summed E-state index contributed by atoms with van der Waals surface area (Å²) in [5.74, 6) is 0.571. The van der Waals surface area contributed by atoms with Crippen LogP contribution in [0.25, 0.3) is 0 Å². The van der Waals surface area contributed by atoms with Crippen LogP contribution in [0.3, 0.4) is 0 Å². The van der Waals surface area contributed by atoms with Gasteiger partial charge < -0.3 is 14.8 Å². The van der Waals surface area contributed by atoms with Crippen LogP contribution in [0.4, 0.5) is 0 Å². The van der Waals surface area contributed by atoms with Crippen LogP contribution in [0.2, 0.25) is 0 Å². The van der Waals surface area contributed by atoms with Crippen molar-refractivity contribution in [1.29, 1.82) is 0 Å². The van der Waals surface area contributed by atoms with Gasteiger partial charge in [0, 0.05) is 43.7 Å². The quantitative estimate of drug-likeness (QED) is 0.872. The number of methoxy groups -OCH3 is 1. The molecule has 0 spiro atoms. The highest BCUT2D eigenvalue weighted by atomic mass is 32.1. The Morgan fingerprint density at radius 3 is 2.79 bits per heavy atom. The molecule has 0 atom stereocenters. The number of ether oxygens (including phenoxy) is 2. The predicted octanol–water partition coefficient (Wildman–Crippen LogP) is 2.68. The van der Waals surface area contributed by atoms with Gasteiger partial charge in [-0.05, 0) is 12.8 Å². The zero-order chi connectivity index (χ0) is 13.7. The number of hydrogen-bond donors (Lipinski definition) is 1. The third-order valence-electron chi connectivity index (χ3n) is 3.32. The van der Waals surface area contributed by atoms with Gasteiger partial charge in [-0.1, -0.05) is 13.8 Å². The fourth-order valence-corrected chi connectivity index (χ4v) is 3.40. The minimum absolute atomic E-state index is 0.490. The highest BCUT2D eigenvalue weighted by Crippen LogP contribution is 2.32. The van der Waals surface area contributed by atoms with E-state index < -0.39 is 0 Å². The Balaban J connectivity index is 2.08. The highest BCUT2D eigenvalue weighted by Gasteiger charge is 2.21. The third kappa shape index (κ3) is 4.24. The molecule has 0 bridgehead atoms. The van der Waals surface area contributed by atoms with E-state index in [-0.39, 0.29) is 0 Å². The Kier molecular flexibility index (Phi) is 5.76. The molecule has 108 valence electrons. The van der Waals surface area contributed by atoms with Crippen molar-refractivity contribution in [1.82, 2.24) is 10.3 Å². The second-order valence-corrected chi connectivity index (χ2v) is 6.39. The maximum atomic E-state index is 5.42. The van der Waals surface area contributed by atoms with Crippen LogP contribution in [-0.4, -0.2) is 31.3 Å². The van der Waals surface area contributed by atoms with Gasteiger partial charge in [-0.15, -0.1) is 11.3 Å². The van der Waals surface area contributed by atoms with E-state index in [1.54, 1.807) is 7.11 Å². The Morgan fingerprint density at radius 1 is 1.42 bits per heavy atom. The van der Waals surface area contributed by atoms with Gasteiger partial charge in [-0.25, -0.2) is 4.98 Å². The first kappa shape index (κ1) is 14.9. The lowest BCUT2D eigenvalue weighted by Gasteiger charge is -2.19. The average Bonchev–Trinajstić information content (AvgIpc) is 2.81. The molecule has 4 nitrogen and oxygen atoms in total. The van der Waals surface area contributed by atoms with E-state index >= 15 is 0 Å². The summed E-state index contributed by atoms with van der Waals surface area (Å²) in [6.07, 6.45) is 2.19. The van der Waals surface area contributed by atoms with Crippen LogP contribution in [0.1, 0.15) is 48.2 Å². The van der Waals surface area contributed by atoms with Gasteiger partial charge >= 0.3 is 0 Å². The maximum absolute atomic E-state index is 5.42. The summed E-state index contributed by atoms with van der Waals surface area (Å²) >= 11 is 1.84. The zero-order valence-electron chi connectivity index (χ0n) is 12.1. The number of hydrogen-bond acceptors (Lipinski definition) is 5. The summed E-state index contributed by atoms with van der Waals surface area (Å²) in [5, 5.41) is 4.73. The summed E-state index contributed by atoms with van der Waals surface area (Å²) in [6.45, 7) is 7.55. The van der Waals surface area contributed by atoms with E-state index in [1.165, 1.54) is 9.88 Å². The van der Waals surface area contributed by atoms with Gasteiger partial charge in [0.25, 0.3) is 0 Å². The standard InChI is InChI=1S/C14H24N2O2S/c1-10(2)15-8-13-12(9-17-3)16-14(19-13)11-4-6-18-7-5-11/h10-11,15H,4-9H2,1-3H3. The van der Waals surface area contributed by atoms with Crippen molar-refractivity contribution in [2.24, 2.45) is 0 Å². The molecule has 0 unspecified atom stereocenters. The molecule has 2 rings (SSSR count). The fourth-order valence-electron chi connectivity index (χ4n) is 2.21. The van der Waals surface area contributed by atoms with Gasteiger partial charge in [0.15, 0.2) is 0 Å². The molecule has 0 saturated carbocycles. The molecule has 1 saturated heterocycles. The zero-order valence-corrected chi connectivity index (χ0v) is 12.9. The third-order valence-corrected chi connectivity index (χ3v) is 4.58. The van der Waals surface area contributed by atoms with Crippen molar-refractivity contribution in [3.63, 3.8) is 0 Å². The minimum atomic E-state index is 0.490. The van der Waals surface area contributed by atoms with Gasteiger partial charge in [0.1, 0.15) is 0 Å². The normalized spacial score (nSPS) is 17.3. The second kappa shape index (κ2) is 7.33. The maximum Gasteiger partial charge on any atom is 0.0965 e. The molecule has 1 aromatic rings. The molecule has 5 heteroatoms. The summed E-state index contributed by atoms with van der Waals surface area (Å²) in [6, 6.07) is 0.490. The van der Waals surface area contributed by atoms with Crippen LogP contribution in [-0.2, 0) is 22.6 Å². The largest absolute Gasteiger partial charge is 0.381 e. The lowest BCUT2D eigenvalue weighted by atomic mass is 10.0. The molecule has 1 aliphatic heterocycles. The van der Waals surface area contributed by atoms with E-state index in [0.717, 1.165) is 38.3 Å². The topological polar surface area (TPSA) is 43.4 Å². The summed E-state index contributed by atoms with van der Waals surface area (Å²) in [4.78, 5) is 6.12. The molecule has 19 heavy (non-hydrogen) atoms. The molecule has 0 aromatic carbocycles.